The highest BCUT2D eigenvalue weighted by Crippen LogP contribution is 2.41. The van der Waals surface area contributed by atoms with E-state index >= 15 is 0 Å². The van der Waals surface area contributed by atoms with Gasteiger partial charge in [-0.15, -0.1) is 0 Å². The Morgan fingerprint density at radius 1 is 0.625 bits per heavy atom. The molecule has 0 aliphatic heterocycles. The van der Waals surface area contributed by atoms with Crippen molar-refractivity contribution in [3.63, 3.8) is 0 Å². The highest BCUT2D eigenvalue weighted by Gasteiger charge is 2.22. The molecule has 3 aromatic rings. The van der Waals surface area contributed by atoms with Crippen LogP contribution >= 0.6 is 0 Å². The van der Waals surface area contributed by atoms with Gasteiger partial charge in [0, 0.05) is 5.92 Å². The van der Waals surface area contributed by atoms with Crippen molar-refractivity contribution >= 4 is 11.1 Å². The van der Waals surface area contributed by atoms with Crippen LogP contribution in [0.1, 0.15) is 28.2 Å². The molecule has 3 rings (SSSR count). The molecule has 0 aliphatic rings. The van der Waals surface area contributed by atoms with Crippen molar-refractivity contribution in [2.45, 2.75) is 12.8 Å². The van der Waals surface area contributed by atoms with Crippen LogP contribution in [-0.4, -0.2) is 0 Å². The van der Waals surface area contributed by atoms with Crippen molar-refractivity contribution in [2.24, 2.45) is 0 Å². The Bertz CT molecular complexity index is 790. The van der Waals surface area contributed by atoms with Gasteiger partial charge in [-0.1, -0.05) is 98.1 Å². The van der Waals surface area contributed by atoms with Gasteiger partial charge in [0.05, 0.1) is 0 Å². The van der Waals surface area contributed by atoms with E-state index in [-0.39, 0.29) is 5.92 Å². The lowest BCUT2D eigenvalue weighted by atomic mass is 9.79. The Kier molecular flexibility index (Phi) is 4.77. The summed E-state index contributed by atoms with van der Waals surface area (Å²) in [6.07, 6.45) is 0. The highest BCUT2D eigenvalue weighted by molar-refractivity contribution is 5.86. The van der Waals surface area contributed by atoms with E-state index in [1.54, 1.807) is 0 Å². The predicted molar refractivity (Wildman–Crippen MR) is 105 cm³/mol. The molecule has 0 heterocycles. The summed E-state index contributed by atoms with van der Waals surface area (Å²) in [6, 6.07) is 29.3. The molecular weight excluding hydrogens is 288 g/mol. The van der Waals surface area contributed by atoms with E-state index < -0.39 is 0 Å². The van der Waals surface area contributed by atoms with Crippen LogP contribution < -0.4 is 0 Å². The molecule has 0 saturated carbocycles. The zero-order chi connectivity index (χ0) is 16.9. The van der Waals surface area contributed by atoms with E-state index in [1.807, 2.05) is 12.1 Å². The largest absolute Gasteiger partial charge is 0.0943 e. The summed E-state index contributed by atoms with van der Waals surface area (Å²) >= 11 is 0. The summed E-state index contributed by atoms with van der Waals surface area (Å²) in [5.41, 5.74) is 7.00. The summed E-state index contributed by atoms with van der Waals surface area (Å²) in [5, 5.41) is 0. The standard InChI is InChI=1S/C24H22/c1-18-12-10-11-17-23(18)24(19(2)21-13-6-4-7-14-21)20(3)22-15-8-5-9-16-22/h4-17,24H,2-3H2,1H3. The van der Waals surface area contributed by atoms with Crippen LogP contribution in [0.5, 0.6) is 0 Å². The van der Waals surface area contributed by atoms with Crippen molar-refractivity contribution in [2.75, 3.05) is 0 Å². The van der Waals surface area contributed by atoms with Crippen LogP contribution in [0.15, 0.2) is 98.1 Å². The Labute approximate surface area is 144 Å². The minimum Gasteiger partial charge on any atom is -0.0943 e. The van der Waals surface area contributed by atoms with Crippen LogP contribution in [0.3, 0.4) is 0 Å². The fourth-order valence-electron chi connectivity index (χ4n) is 3.13. The molecule has 3 aromatic carbocycles. The van der Waals surface area contributed by atoms with Crippen LogP contribution in [0, 0.1) is 6.92 Å². The van der Waals surface area contributed by atoms with E-state index in [9.17, 15) is 0 Å². The third-order valence-electron chi connectivity index (χ3n) is 4.49. The topological polar surface area (TPSA) is 0 Å². The average Bonchev–Trinajstić information content (AvgIpc) is 2.64. The molecule has 0 aromatic heterocycles. The number of benzene rings is 3. The van der Waals surface area contributed by atoms with Gasteiger partial charge in [-0.2, -0.15) is 0 Å². The Hall–Kier alpha value is -2.86. The summed E-state index contributed by atoms with van der Waals surface area (Å²) in [6.45, 7) is 11.0. The lowest BCUT2D eigenvalue weighted by Crippen LogP contribution is -2.06. The van der Waals surface area contributed by atoms with Crippen molar-refractivity contribution in [1.82, 2.24) is 0 Å². The van der Waals surface area contributed by atoms with Gasteiger partial charge in [0.25, 0.3) is 0 Å². The van der Waals surface area contributed by atoms with Crippen LogP contribution in [-0.2, 0) is 0 Å². The summed E-state index contributed by atoms with van der Waals surface area (Å²) in [5.74, 6) is 0.0657. The first-order valence-electron chi connectivity index (χ1n) is 8.22. The van der Waals surface area contributed by atoms with Crippen molar-refractivity contribution in [1.29, 1.82) is 0 Å². The zero-order valence-corrected chi connectivity index (χ0v) is 14.1. The lowest BCUT2D eigenvalue weighted by molar-refractivity contribution is 1.10. The SMILES string of the molecule is C=C(c1ccccc1)C(C(=C)c1ccccc1)c1ccccc1C. The molecule has 0 spiro atoms. The number of aryl methyl sites for hydroxylation is 1. The van der Waals surface area contributed by atoms with Gasteiger partial charge in [0.15, 0.2) is 0 Å². The van der Waals surface area contributed by atoms with Crippen LogP contribution in [0.25, 0.3) is 11.1 Å². The molecule has 0 nitrogen and oxygen atoms in total. The third kappa shape index (κ3) is 3.23. The van der Waals surface area contributed by atoms with E-state index in [0.717, 1.165) is 22.3 Å². The molecule has 0 radical (unpaired) electrons. The second-order valence-corrected chi connectivity index (χ2v) is 6.07. The monoisotopic (exact) mass is 310 g/mol. The van der Waals surface area contributed by atoms with Gasteiger partial charge in [-0.25, -0.2) is 0 Å². The fourth-order valence-corrected chi connectivity index (χ4v) is 3.13. The molecule has 0 bridgehead atoms. The molecule has 118 valence electrons. The van der Waals surface area contributed by atoms with Crippen LogP contribution in [0.4, 0.5) is 0 Å². The summed E-state index contributed by atoms with van der Waals surface area (Å²) in [7, 11) is 0. The molecule has 0 unspecified atom stereocenters. The molecule has 24 heavy (non-hydrogen) atoms. The smallest absolute Gasteiger partial charge is 0.0342 e. The van der Waals surface area contributed by atoms with Crippen LogP contribution in [0.2, 0.25) is 0 Å². The number of hydrogen-bond donors (Lipinski definition) is 0. The maximum absolute atomic E-state index is 4.43. The summed E-state index contributed by atoms with van der Waals surface area (Å²) in [4.78, 5) is 0. The fraction of sp³-hybridized carbons (Fsp3) is 0.0833. The molecule has 0 amide bonds. The Morgan fingerprint density at radius 2 is 1.04 bits per heavy atom. The lowest BCUT2D eigenvalue weighted by Gasteiger charge is -2.25. The predicted octanol–water partition coefficient (Wildman–Crippen LogP) is 6.51. The van der Waals surface area contributed by atoms with Gasteiger partial charge < -0.3 is 0 Å². The first-order chi connectivity index (χ1) is 11.7. The first kappa shape index (κ1) is 16.0. The van der Waals surface area contributed by atoms with Gasteiger partial charge in [0.2, 0.25) is 0 Å². The van der Waals surface area contributed by atoms with Gasteiger partial charge in [0.1, 0.15) is 0 Å². The second-order valence-electron chi connectivity index (χ2n) is 6.07. The van der Waals surface area contributed by atoms with E-state index in [2.05, 4.69) is 92.9 Å². The minimum atomic E-state index is 0.0657. The van der Waals surface area contributed by atoms with E-state index in [1.165, 1.54) is 11.1 Å². The molecule has 0 fully saturated rings. The highest BCUT2D eigenvalue weighted by atomic mass is 14.3. The number of allylic oxidation sites excluding steroid dienone is 2. The Balaban J connectivity index is 2.10. The maximum atomic E-state index is 4.43. The third-order valence-corrected chi connectivity index (χ3v) is 4.49. The molecule has 0 atom stereocenters. The number of hydrogen-bond acceptors (Lipinski definition) is 0. The first-order valence-corrected chi connectivity index (χ1v) is 8.22. The number of rotatable bonds is 5. The summed E-state index contributed by atoms with van der Waals surface area (Å²) < 4.78 is 0. The van der Waals surface area contributed by atoms with Crippen molar-refractivity contribution < 1.29 is 0 Å². The maximum Gasteiger partial charge on any atom is 0.0342 e. The molecular formula is C24H22. The van der Waals surface area contributed by atoms with E-state index in [0.29, 0.717) is 0 Å². The van der Waals surface area contributed by atoms with Gasteiger partial charge in [-0.3, -0.25) is 0 Å². The van der Waals surface area contributed by atoms with Crippen molar-refractivity contribution in [3.8, 4) is 0 Å². The van der Waals surface area contributed by atoms with Gasteiger partial charge in [-0.05, 0) is 40.3 Å². The van der Waals surface area contributed by atoms with E-state index in [4.69, 9.17) is 0 Å². The molecule has 0 heteroatoms. The minimum absolute atomic E-state index is 0.0657. The Morgan fingerprint density at radius 3 is 1.50 bits per heavy atom. The normalized spacial score (nSPS) is 10.6. The molecule has 0 aliphatic carbocycles. The van der Waals surface area contributed by atoms with Crippen molar-refractivity contribution in [3.05, 3.63) is 120 Å². The molecule has 0 N–H and O–H groups in total. The zero-order valence-electron chi connectivity index (χ0n) is 14.1. The van der Waals surface area contributed by atoms with Gasteiger partial charge >= 0.3 is 0 Å². The second kappa shape index (κ2) is 7.14. The molecule has 0 saturated heterocycles. The average molecular weight is 310 g/mol. The quantitative estimate of drug-likeness (QED) is 0.504.